The first-order valence-electron chi connectivity index (χ1n) is 9.73. The Morgan fingerprint density at radius 1 is 0.800 bits per heavy atom. The normalized spacial score (nSPS) is 11.6. The smallest absolute Gasteiger partial charge is 0.338 e. The number of carbonyl (C=O) groups excluding carboxylic acids is 2. The molecule has 0 radical (unpaired) electrons. The number of aromatic carboxylic acids is 1. The molecule has 2 amide bonds. The zero-order chi connectivity index (χ0) is 25.9. The number of carbonyl (C=O) groups is 3. The maximum absolute atomic E-state index is 13.0. The fourth-order valence-corrected chi connectivity index (χ4v) is 4.78. The van der Waals surface area contributed by atoms with Gasteiger partial charge in [0.1, 0.15) is 5.82 Å². The van der Waals surface area contributed by atoms with Gasteiger partial charge in [0.2, 0.25) is 5.91 Å². The molecule has 0 aromatic heterocycles. The molecule has 6 nitrogen and oxygen atoms in total. The molecule has 3 aromatic carbocycles. The largest absolute Gasteiger partial charge is 0.478 e. The third-order valence-corrected chi connectivity index (χ3v) is 7.53. The Morgan fingerprint density at radius 2 is 1.29 bits per heavy atom. The first kappa shape index (κ1) is 27.1. The van der Waals surface area contributed by atoms with Crippen LogP contribution in [0.5, 0.6) is 0 Å². The van der Waals surface area contributed by atoms with Crippen molar-refractivity contribution in [2.45, 2.75) is 17.1 Å². The molecule has 0 aliphatic rings. The maximum atomic E-state index is 13.0. The molecule has 3 rings (SSSR count). The molecule has 0 bridgehead atoms. The third kappa shape index (κ3) is 6.39. The molecule has 0 fully saturated rings. The van der Waals surface area contributed by atoms with Crippen LogP contribution in [0.1, 0.15) is 27.6 Å². The van der Waals surface area contributed by atoms with Crippen LogP contribution in [0.25, 0.3) is 0 Å². The molecule has 0 spiro atoms. The summed E-state index contributed by atoms with van der Waals surface area (Å²) in [6, 6.07) is 11.9. The van der Waals surface area contributed by atoms with E-state index in [4.69, 9.17) is 46.4 Å². The van der Waals surface area contributed by atoms with Crippen LogP contribution in [0, 0.1) is 5.82 Å². The average molecular weight is 576 g/mol. The molecule has 12 heteroatoms. The first-order valence-corrected chi connectivity index (χ1v) is 12.1. The van der Waals surface area contributed by atoms with Gasteiger partial charge in [0.15, 0.2) is 0 Å². The van der Waals surface area contributed by atoms with Gasteiger partial charge in [-0.2, -0.15) is 0 Å². The number of carboxylic acid groups (broad SMARTS) is 1. The van der Waals surface area contributed by atoms with E-state index in [0.717, 1.165) is 4.90 Å². The van der Waals surface area contributed by atoms with Crippen molar-refractivity contribution in [3.63, 3.8) is 0 Å². The summed E-state index contributed by atoms with van der Waals surface area (Å²) in [4.78, 5) is 37.6. The van der Waals surface area contributed by atoms with Crippen molar-refractivity contribution in [2.75, 3.05) is 10.6 Å². The van der Waals surface area contributed by atoms with Crippen LogP contribution in [-0.4, -0.2) is 28.1 Å². The minimum absolute atomic E-state index is 0.242. The molecule has 1 unspecified atom stereocenters. The maximum Gasteiger partial charge on any atom is 0.338 e. The Balaban J connectivity index is 1.71. The summed E-state index contributed by atoms with van der Waals surface area (Å²) in [6.07, 6.45) is 0. The number of halogens is 5. The van der Waals surface area contributed by atoms with E-state index >= 15 is 0 Å². The molecule has 0 aliphatic carbocycles. The van der Waals surface area contributed by atoms with Gasteiger partial charge in [-0.05, 0) is 55.5 Å². The second-order valence-corrected chi connectivity index (χ2v) is 9.97. The molecule has 3 N–H and O–H groups in total. The van der Waals surface area contributed by atoms with Gasteiger partial charge in [0.25, 0.3) is 5.91 Å². The highest BCUT2D eigenvalue weighted by atomic mass is 35.5. The van der Waals surface area contributed by atoms with Crippen LogP contribution in [0.15, 0.2) is 53.4 Å². The minimum Gasteiger partial charge on any atom is -0.478 e. The number of nitrogens with one attached hydrogen (secondary N) is 2. The predicted molar refractivity (Wildman–Crippen MR) is 138 cm³/mol. The van der Waals surface area contributed by atoms with E-state index in [-0.39, 0.29) is 21.0 Å². The van der Waals surface area contributed by atoms with Crippen LogP contribution in [0.4, 0.5) is 15.8 Å². The lowest BCUT2D eigenvalue weighted by molar-refractivity contribution is -0.115. The minimum atomic E-state index is -1.50. The van der Waals surface area contributed by atoms with Crippen molar-refractivity contribution in [3.05, 3.63) is 85.6 Å². The Labute approximate surface area is 223 Å². The molecule has 3 aromatic rings. The quantitative estimate of drug-likeness (QED) is 0.154. The van der Waals surface area contributed by atoms with Crippen LogP contribution >= 0.6 is 58.2 Å². The van der Waals surface area contributed by atoms with E-state index in [1.807, 2.05) is 0 Å². The molecule has 0 saturated heterocycles. The van der Waals surface area contributed by atoms with E-state index in [1.54, 1.807) is 31.2 Å². The van der Waals surface area contributed by atoms with E-state index in [0.29, 0.717) is 11.4 Å². The molecule has 0 aliphatic heterocycles. The van der Waals surface area contributed by atoms with Gasteiger partial charge in [-0.25, -0.2) is 9.18 Å². The summed E-state index contributed by atoms with van der Waals surface area (Å²) in [5.41, 5.74) is -0.194. The van der Waals surface area contributed by atoms with Gasteiger partial charge >= 0.3 is 5.97 Å². The summed E-state index contributed by atoms with van der Waals surface area (Å²) in [5, 5.41) is 13.0. The summed E-state index contributed by atoms with van der Waals surface area (Å²) >= 11 is 25.3. The number of hydrogen-bond acceptors (Lipinski definition) is 4. The molecule has 1 atom stereocenters. The van der Waals surface area contributed by atoms with Crippen molar-refractivity contribution in [3.8, 4) is 0 Å². The van der Waals surface area contributed by atoms with Crippen LogP contribution in [0.3, 0.4) is 0 Å². The number of amides is 2. The Bertz CT molecular complexity index is 1300. The van der Waals surface area contributed by atoms with E-state index in [1.165, 1.54) is 36.0 Å². The number of benzene rings is 3. The van der Waals surface area contributed by atoms with Crippen LogP contribution in [-0.2, 0) is 4.79 Å². The van der Waals surface area contributed by atoms with E-state index < -0.39 is 39.1 Å². The molecular weight excluding hydrogens is 561 g/mol. The highest BCUT2D eigenvalue weighted by Gasteiger charge is 2.29. The predicted octanol–water partition coefficient (Wildman–Crippen LogP) is 7.51. The van der Waals surface area contributed by atoms with Gasteiger partial charge in [0.05, 0.1) is 36.5 Å². The fourth-order valence-electron chi connectivity index (χ4n) is 2.89. The van der Waals surface area contributed by atoms with Gasteiger partial charge < -0.3 is 15.7 Å². The molecule has 182 valence electrons. The van der Waals surface area contributed by atoms with Crippen LogP contribution < -0.4 is 10.6 Å². The fraction of sp³-hybridized carbons (Fsp3) is 0.0870. The Morgan fingerprint density at radius 3 is 1.83 bits per heavy atom. The topological polar surface area (TPSA) is 95.5 Å². The number of thioether (sulfide) groups is 1. The summed E-state index contributed by atoms with van der Waals surface area (Å²) < 4.78 is 13.0. The SMILES string of the molecule is CC(Sc1ccc(NC(=O)c2c(Cl)c(Cl)c(Cl)c(Cl)c2C(=O)O)cc1)C(=O)Nc1ccc(F)cc1. The lowest BCUT2D eigenvalue weighted by Crippen LogP contribution is -2.22. The lowest BCUT2D eigenvalue weighted by atomic mass is 10.1. The first-order chi connectivity index (χ1) is 16.5. The number of hydrogen-bond donors (Lipinski definition) is 3. The van der Waals surface area contributed by atoms with Gasteiger partial charge in [-0.15, -0.1) is 11.8 Å². The highest BCUT2D eigenvalue weighted by Crippen LogP contribution is 2.41. The van der Waals surface area contributed by atoms with Gasteiger partial charge in [-0.3, -0.25) is 9.59 Å². The molecule has 35 heavy (non-hydrogen) atoms. The Hall–Kier alpha value is -2.49. The van der Waals surface area contributed by atoms with Crippen molar-refractivity contribution < 1.29 is 23.9 Å². The molecule has 0 saturated carbocycles. The van der Waals surface area contributed by atoms with Gasteiger partial charge in [0, 0.05) is 16.3 Å². The zero-order valence-electron chi connectivity index (χ0n) is 17.7. The Kier molecular flexibility index (Phi) is 8.90. The monoisotopic (exact) mass is 574 g/mol. The standard InChI is InChI=1S/C23H15Cl4FN2O4S/c1-10(21(31)29-12-4-2-11(28)3-5-12)35-14-8-6-13(7-9-14)30-22(32)15-16(23(33)34)18(25)20(27)19(26)17(15)24/h2-10H,1H3,(H,29,31)(H,30,32)(H,33,34). The number of rotatable bonds is 7. The second kappa shape index (κ2) is 11.5. The summed E-state index contributed by atoms with van der Waals surface area (Å²) in [7, 11) is 0. The van der Waals surface area contributed by atoms with Crippen LogP contribution in [0.2, 0.25) is 20.1 Å². The third-order valence-electron chi connectivity index (χ3n) is 4.61. The highest BCUT2D eigenvalue weighted by molar-refractivity contribution is 8.00. The van der Waals surface area contributed by atoms with Crippen molar-refractivity contribution in [1.82, 2.24) is 0 Å². The number of anilines is 2. The lowest BCUT2D eigenvalue weighted by Gasteiger charge is -2.15. The number of carboxylic acids is 1. The summed E-state index contributed by atoms with van der Waals surface area (Å²) in [5.74, 6) is -3.02. The zero-order valence-corrected chi connectivity index (χ0v) is 21.5. The van der Waals surface area contributed by atoms with Crippen molar-refractivity contribution in [2.24, 2.45) is 0 Å². The van der Waals surface area contributed by atoms with Crippen molar-refractivity contribution >= 4 is 87.3 Å². The van der Waals surface area contributed by atoms with E-state index in [2.05, 4.69) is 10.6 Å². The molecular formula is C23H15Cl4FN2O4S. The van der Waals surface area contributed by atoms with Crippen molar-refractivity contribution in [1.29, 1.82) is 0 Å². The average Bonchev–Trinajstić information content (AvgIpc) is 2.82. The molecule has 0 heterocycles. The second-order valence-electron chi connectivity index (χ2n) is 7.05. The summed E-state index contributed by atoms with van der Waals surface area (Å²) in [6.45, 7) is 1.71. The van der Waals surface area contributed by atoms with E-state index in [9.17, 15) is 23.9 Å². The van der Waals surface area contributed by atoms with Gasteiger partial charge in [-0.1, -0.05) is 46.4 Å².